The number of carbonyl (C=O) groups excluding carboxylic acids is 1. The molecule has 0 spiro atoms. The van der Waals surface area contributed by atoms with Crippen LogP contribution in [0.1, 0.15) is 34.3 Å². The van der Waals surface area contributed by atoms with Crippen molar-refractivity contribution in [2.45, 2.75) is 25.3 Å². The molecule has 3 rings (SSSR count). The predicted octanol–water partition coefficient (Wildman–Crippen LogP) is 2.74. The van der Waals surface area contributed by atoms with Crippen LogP contribution in [0, 0.1) is 5.92 Å². The molecule has 1 saturated carbocycles. The molecule has 22 heavy (non-hydrogen) atoms. The van der Waals surface area contributed by atoms with Gasteiger partial charge in [0.15, 0.2) is 0 Å². The van der Waals surface area contributed by atoms with E-state index in [0.29, 0.717) is 12.5 Å². The van der Waals surface area contributed by atoms with Crippen molar-refractivity contribution in [2.24, 2.45) is 11.7 Å². The average molecular weight is 294 g/mol. The third kappa shape index (κ3) is 3.74. The Balaban J connectivity index is 1.68. The van der Waals surface area contributed by atoms with Crippen LogP contribution in [0.3, 0.4) is 0 Å². The zero-order chi connectivity index (χ0) is 15.4. The smallest absolute Gasteiger partial charge is 0.251 e. The van der Waals surface area contributed by atoms with E-state index in [1.54, 1.807) is 0 Å². The summed E-state index contributed by atoms with van der Waals surface area (Å²) in [5.74, 6) is 0.572. The highest BCUT2D eigenvalue weighted by Crippen LogP contribution is 2.31. The molecule has 2 aromatic carbocycles. The van der Waals surface area contributed by atoms with E-state index in [1.807, 2.05) is 42.5 Å². The maximum absolute atomic E-state index is 12.4. The SMILES string of the molecule is NC(CNC(=O)c1ccccc1Cc1ccccc1)C1CC1. The van der Waals surface area contributed by atoms with Gasteiger partial charge in [0.25, 0.3) is 5.91 Å². The van der Waals surface area contributed by atoms with Crippen LogP contribution in [0.2, 0.25) is 0 Å². The second-order valence-corrected chi connectivity index (χ2v) is 6.03. The molecule has 1 atom stereocenters. The van der Waals surface area contributed by atoms with Gasteiger partial charge in [-0.2, -0.15) is 0 Å². The molecule has 1 aliphatic rings. The summed E-state index contributed by atoms with van der Waals surface area (Å²) in [5.41, 5.74) is 9.05. The van der Waals surface area contributed by atoms with Crippen LogP contribution in [-0.2, 0) is 6.42 Å². The third-order valence-electron chi connectivity index (χ3n) is 4.23. The standard InChI is InChI=1S/C19H22N2O/c20-18(15-10-11-15)13-21-19(22)17-9-5-4-8-16(17)12-14-6-2-1-3-7-14/h1-9,15,18H,10-13,20H2,(H,21,22). The summed E-state index contributed by atoms with van der Waals surface area (Å²) in [4.78, 5) is 12.4. The zero-order valence-corrected chi connectivity index (χ0v) is 12.7. The lowest BCUT2D eigenvalue weighted by atomic mass is 9.99. The average Bonchev–Trinajstić information content (AvgIpc) is 3.39. The van der Waals surface area contributed by atoms with E-state index in [1.165, 1.54) is 18.4 Å². The second-order valence-electron chi connectivity index (χ2n) is 6.03. The molecule has 0 saturated heterocycles. The van der Waals surface area contributed by atoms with Gasteiger partial charge in [-0.25, -0.2) is 0 Å². The van der Waals surface area contributed by atoms with Crippen LogP contribution in [0.15, 0.2) is 54.6 Å². The molecule has 1 aliphatic carbocycles. The van der Waals surface area contributed by atoms with E-state index in [4.69, 9.17) is 5.73 Å². The van der Waals surface area contributed by atoms with Crippen molar-refractivity contribution in [3.05, 3.63) is 71.3 Å². The Bertz CT molecular complexity index is 635. The Morgan fingerprint density at radius 1 is 1.09 bits per heavy atom. The highest BCUT2D eigenvalue weighted by molar-refractivity contribution is 5.95. The van der Waals surface area contributed by atoms with E-state index in [-0.39, 0.29) is 11.9 Å². The Morgan fingerprint density at radius 3 is 2.50 bits per heavy atom. The highest BCUT2D eigenvalue weighted by atomic mass is 16.1. The summed E-state index contributed by atoms with van der Waals surface area (Å²) < 4.78 is 0. The number of nitrogens with one attached hydrogen (secondary N) is 1. The van der Waals surface area contributed by atoms with Crippen molar-refractivity contribution in [3.63, 3.8) is 0 Å². The van der Waals surface area contributed by atoms with Crippen molar-refractivity contribution in [2.75, 3.05) is 6.54 Å². The van der Waals surface area contributed by atoms with Gasteiger partial charge in [0.2, 0.25) is 0 Å². The molecule has 1 unspecified atom stereocenters. The Kier molecular flexibility index (Phi) is 4.54. The summed E-state index contributed by atoms with van der Waals surface area (Å²) in [6.07, 6.45) is 3.16. The normalized spacial score (nSPS) is 15.3. The van der Waals surface area contributed by atoms with Gasteiger partial charge in [0, 0.05) is 18.2 Å². The molecule has 0 aromatic heterocycles. The first kappa shape index (κ1) is 14.8. The molecule has 1 fully saturated rings. The van der Waals surface area contributed by atoms with Crippen LogP contribution < -0.4 is 11.1 Å². The van der Waals surface area contributed by atoms with E-state index >= 15 is 0 Å². The summed E-state index contributed by atoms with van der Waals surface area (Å²) in [5, 5.41) is 2.98. The molecule has 3 heteroatoms. The minimum absolute atomic E-state index is 0.0253. The quantitative estimate of drug-likeness (QED) is 0.860. The number of amides is 1. The number of nitrogens with two attached hydrogens (primary N) is 1. The molecular weight excluding hydrogens is 272 g/mol. The Hall–Kier alpha value is -2.13. The van der Waals surface area contributed by atoms with E-state index in [0.717, 1.165) is 17.5 Å². The predicted molar refractivity (Wildman–Crippen MR) is 88.7 cm³/mol. The fourth-order valence-corrected chi connectivity index (χ4v) is 2.71. The highest BCUT2D eigenvalue weighted by Gasteiger charge is 2.28. The largest absolute Gasteiger partial charge is 0.350 e. The molecule has 0 heterocycles. The van der Waals surface area contributed by atoms with Crippen molar-refractivity contribution in [3.8, 4) is 0 Å². The third-order valence-corrected chi connectivity index (χ3v) is 4.23. The summed E-state index contributed by atoms with van der Waals surface area (Å²) >= 11 is 0. The molecule has 3 nitrogen and oxygen atoms in total. The van der Waals surface area contributed by atoms with Gasteiger partial charge >= 0.3 is 0 Å². The first-order chi connectivity index (χ1) is 10.7. The fourth-order valence-electron chi connectivity index (χ4n) is 2.71. The van der Waals surface area contributed by atoms with Gasteiger partial charge in [-0.05, 0) is 42.4 Å². The van der Waals surface area contributed by atoms with Crippen LogP contribution in [0.25, 0.3) is 0 Å². The first-order valence-electron chi connectivity index (χ1n) is 7.89. The second kappa shape index (κ2) is 6.75. The fraction of sp³-hybridized carbons (Fsp3) is 0.316. The van der Waals surface area contributed by atoms with Crippen LogP contribution in [-0.4, -0.2) is 18.5 Å². The molecule has 3 N–H and O–H groups in total. The van der Waals surface area contributed by atoms with Crippen LogP contribution in [0.5, 0.6) is 0 Å². The summed E-state index contributed by atoms with van der Waals surface area (Å²) in [6.45, 7) is 0.559. The van der Waals surface area contributed by atoms with Crippen molar-refractivity contribution < 1.29 is 4.79 Å². The number of rotatable bonds is 6. The van der Waals surface area contributed by atoms with E-state index in [9.17, 15) is 4.79 Å². The van der Waals surface area contributed by atoms with Crippen LogP contribution >= 0.6 is 0 Å². The van der Waals surface area contributed by atoms with Gasteiger partial charge in [-0.15, -0.1) is 0 Å². The monoisotopic (exact) mass is 294 g/mol. The first-order valence-corrected chi connectivity index (χ1v) is 7.89. The molecule has 114 valence electrons. The Labute approximate surface area is 131 Å². The summed E-state index contributed by atoms with van der Waals surface area (Å²) in [6, 6.07) is 18.1. The maximum atomic E-state index is 12.4. The minimum atomic E-state index is -0.0253. The van der Waals surface area contributed by atoms with Crippen molar-refractivity contribution >= 4 is 5.91 Å². The van der Waals surface area contributed by atoms with Crippen LogP contribution in [0.4, 0.5) is 0 Å². The van der Waals surface area contributed by atoms with E-state index in [2.05, 4.69) is 17.4 Å². The lowest BCUT2D eigenvalue weighted by Crippen LogP contribution is -2.38. The van der Waals surface area contributed by atoms with Crippen molar-refractivity contribution in [1.82, 2.24) is 5.32 Å². The van der Waals surface area contributed by atoms with Gasteiger partial charge in [0.05, 0.1) is 0 Å². The van der Waals surface area contributed by atoms with E-state index < -0.39 is 0 Å². The summed E-state index contributed by atoms with van der Waals surface area (Å²) in [7, 11) is 0. The molecule has 0 radical (unpaired) electrons. The Morgan fingerprint density at radius 2 is 1.77 bits per heavy atom. The molecule has 0 aliphatic heterocycles. The molecule has 2 aromatic rings. The topological polar surface area (TPSA) is 55.1 Å². The van der Waals surface area contributed by atoms with Gasteiger partial charge < -0.3 is 11.1 Å². The number of carbonyl (C=O) groups is 1. The molecule has 1 amide bonds. The van der Waals surface area contributed by atoms with Crippen molar-refractivity contribution in [1.29, 1.82) is 0 Å². The maximum Gasteiger partial charge on any atom is 0.251 e. The number of hydrogen-bond acceptors (Lipinski definition) is 2. The number of hydrogen-bond donors (Lipinski definition) is 2. The molecule has 0 bridgehead atoms. The lowest BCUT2D eigenvalue weighted by Gasteiger charge is -2.13. The zero-order valence-electron chi connectivity index (χ0n) is 12.7. The minimum Gasteiger partial charge on any atom is -0.350 e. The van der Waals surface area contributed by atoms with Gasteiger partial charge in [0.1, 0.15) is 0 Å². The van der Waals surface area contributed by atoms with Gasteiger partial charge in [-0.3, -0.25) is 4.79 Å². The lowest BCUT2D eigenvalue weighted by molar-refractivity contribution is 0.0949. The van der Waals surface area contributed by atoms with Gasteiger partial charge in [-0.1, -0.05) is 48.5 Å². The number of benzene rings is 2. The molecular formula is C19H22N2O.